The highest BCUT2D eigenvalue weighted by Crippen LogP contribution is 2.37. The summed E-state index contributed by atoms with van der Waals surface area (Å²) in [6.45, 7) is 12.6. The predicted octanol–water partition coefficient (Wildman–Crippen LogP) is 3.51. The highest BCUT2D eigenvalue weighted by atomic mass is 16.2. The van der Waals surface area contributed by atoms with E-state index in [9.17, 15) is 9.59 Å². The van der Waals surface area contributed by atoms with E-state index in [2.05, 4.69) is 47.6 Å². The van der Waals surface area contributed by atoms with Gasteiger partial charge in [-0.3, -0.25) is 14.5 Å². The Labute approximate surface area is 121 Å². The molecule has 0 N–H and O–H groups in total. The van der Waals surface area contributed by atoms with Crippen LogP contribution < -0.4 is 0 Å². The average Bonchev–Trinajstić information content (AvgIpc) is 2.51. The quantitative estimate of drug-likeness (QED) is 0.678. The van der Waals surface area contributed by atoms with Crippen LogP contribution in [0, 0.1) is 0 Å². The maximum absolute atomic E-state index is 12.3. The van der Waals surface area contributed by atoms with E-state index in [1.165, 1.54) is 4.90 Å². The molecule has 0 atom stereocenters. The summed E-state index contributed by atoms with van der Waals surface area (Å²) >= 11 is 0. The smallest absolute Gasteiger partial charge is 0.261 e. The highest BCUT2D eigenvalue weighted by Gasteiger charge is 2.38. The lowest BCUT2D eigenvalue weighted by molar-refractivity contribution is 0.0692. The number of rotatable bonds is 0. The number of benzene rings is 1. The first-order valence-corrected chi connectivity index (χ1v) is 6.96. The van der Waals surface area contributed by atoms with Gasteiger partial charge >= 0.3 is 0 Å². The van der Waals surface area contributed by atoms with E-state index >= 15 is 0 Å². The third kappa shape index (κ3) is 2.15. The van der Waals surface area contributed by atoms with Gasteiger partial charge < -0.3 is 0 Å². The number of imide groups is 1. The van der Waals surface area contributed by atoms with E-state index in [0.29, 0.717) is 11.1 Å². The van der Waals surface area contributed by atoms with Gasteiger partial charge in [0.05, 0.1) is 11.1 Å². The number of fused-ring (bicyclic) bond motifs is 1. The number of hydrogen-bond donors (Lipinski definition) is 0. The van der Waals surface area contributed by atoms with Crippen LogP contribution >= 0.6 is 0 Å². The molecular formula is C17H23NO2. The van der Waals surface area contributed by atoms with E-state index in [4.69, 9.17) is 0 Å². The number of amides is 2. The highest BCUT2D eigenvalue weighted by molar-refractivity contribution is 6.22. The van der Waals surface area contributed by atoms with Crippen LogP contribution in [0.4, 0.5) is 0 Å². The van der Waals surface area contributed by atoms with E-state index in [-0.39, 0.29) is 22.6 Å². The van der Waals surface area contributed by atoms with Crippen LogP contribution in [-0.2, 0) is 10.8 Å². The number of nitrogens with zero attached hydrogens (tertiary/aromatic N) is 1. The molecule has 0 unspecified atom stereocenters. The Morgan fingerprint density at radius 3 is 1.85 bits per heavy atom. The van der Waals surface area contributed by atoms with Crippen molar-refractivity contribution >= 4 is 11.8 Å². The van der Waals surface area contributed by atoms with Gasteiger partial charge in [-0.1, -0.05) is 47.6 Å². The second kappa shape index (κ2) is 4.18. The zero-order chi connectivity index (χ0) is 15.5. The molecule has 0 saturated carbocycles. The summed E-state index contributed by atoms with van der Waals surface area (Å²) < 4.78 is 0. The maximum Gasteiger partial charge on any atom is 0.261 e. The Balaban J connectivity index is 2.82. The Kier molecular flexibility index (Phi) is 3.08. The monoisotopic (exact) mass is 273 g/mol. The Morgan fingerprint density at radius 2 is 1.40 bits per heavy atom. The van der Waals surface area contributed by atoms with Crippen molar-refractivity contribution in [3.63, 3.8) is 0 Å². The van der Waals surface area contributed by atoms with Gasteiger partial charge in [0.2, 0.25) is 0 Å². The van der Waals surface area contributed by atoms with Crippen molar-refractivity contribution in [3.8, 4) is 0 Å². The van der Waals surface area contributed by atoms with Crippen LogP contribution in [0.25, 0.3) is 0 Å². The van der Waals surface area contributed by atoms with Crippen molar-refractivity contribution in [1.82, 2.24) is 4.90 Å². The van der Waals surface area contributed by atoms with Crippen molar-refractivity contribution in [2.45, 2.75) is 52.4 Å². The minimum absolute atomic E-state index is 0.0560. The van der Waals surface area contributed by atoms with Gasteiger partial charge in [0.25, 0.3) is 11.8 Å². The molecule has 0 saturated heterocycles. The molecule has 3 heteroatoms. The fraction of sp³-hybridized carbons (Fsp3) is 0.529. The van der Waals surface area contributed by atoms with Crippen molar-refractivity contribution < 1.29 is 9.59 Å². The first kappa shape index (κ1) is 14.8. The maximum atomic E-state index is 12.3. The summed E-state index contributed by atoms with van der Waals surface area (Å²) in [5.74, 6) is -0.378. The summed E-state index contributed by atoms with van der Waals surface area (Å²) in [7, 11) is 1.55. The summed E-state index contributed by atoms with van der Waals surface area (Å²) in [5.41, 5.74) is 2.96. The molecule has 0 aromatic heterocycles. The molecular weight excluding hydrogens is 250 g/mol. The Bertz CT molecular complexity index is 601. The summed E-state index contributed by atoms with van der Waals surface area (Å²) in [5, 5.41) is 0. The van der Waals surface area contributed by atoms with Crippen molar-refractivity contribution in [1.29, 1.82) is 0 Å². The second-order valence-corrected chi connectivity index (χ2v) is 7.62. The van der Waals surface area contributed by atoms with Crippen LogP contribution in [0.15, 0.2) is 12.1 Å². The van der Waals surface area contributed by atoms with Gasteiger partial charge in [-0.2, -0.15) is 0 Å². The lowest BCUT2D eigenvalue weighted by Crippen LogP contribution is -2.25. The zero-order valence-electron chi connectivity index (χ0n) is 13.4. The molecule has 0 spiro atoms. The third-order valence-electron chi connectivity index (χ3n) is 3.87. The third-order valence-corrected chi connectivity index (χ3v) is 3.87. The molecule has 20 heavy (non-hydrogen) atoms. The van der Waals surface area contributed by atoms with Crippen LogP contribution in [0.5, 0.6) is 0 Å². The zero-order valence-corrected chi connectivity index (χ0v) is 13.4. The van der Waals surface area contributed by atoms with E-state index in [1.807, 2.05) is 6.07 Å². The number of carbonyl (C=O) groups excluding carboxylic acids is 2. The van der Waals surface area contributed by atoms with Crippen LogP contribution in [-0.4, -0.2) is 23.8 Å². The normalized spacial score (nSPS) is 15.8. The van der Waals surface area contributed by atoms with Crippen LogP contribution in [0.1, 0.15) is 73.4 Å². The van der Waals surface area contributed by atoms with Crippen molar-refractivity contribution in [2.24, 2.45) is 0 Å². The molecule has 0 fully saturated rings. The molecule has 1 aliphatic rings. The van der Waals surface area contributed by atoms with Gasteiger partial charge in [0.1, 0.15) is 0 Å². The van der Waals surface area contributed by atoms with Gasteiger partial charge in [-0.25, -0.2) is 0 Å². The fourth-order valence-corrected chi connectivity index (χ4v) is 2.51. The van der Waals surface area contributed by atoms with Gasteiger partial charge in [0, 0.05) is 7.05 Å². The minimum Gasteiger partial charge on any atom is -0.277 e. The molecule has 1 aliphatic heterocycles. The summed E-state index contributed by atoms with van der Waals surface area (Å²) in [6, 6.07) is 3.97. The van der Waals surface area contributed by atoms with Crippen molar-refractivity contribution in [3.05, 3.63) is 34.4 Å². The summed E-state index contributed by atoms with van der Waals surface area (Å²) in [6.07, 6.45) is 0. The average molecular weight is 273 g/mol. The van der Waals surface area contributed by atoms with Crippen LogP contribution in [0.3, 0.4) is 0 Å². The molecule has 1 aromatic rings. The van der Waals surface area contributed by atoms with Gasteiger partial charge in [0.15, 0.2) is 0 Å². The Hall–Kier alpha value is -1.64. The van der Waals surface area contributed by atoms with E-state index in [0.717, 1.165) is 11.1 Å². The predicted molar refractivity (Wildman–Crippen MR) is 80.3 cm³/mol. The van der Waals surface area contributed by atoms with Gasteiger partial charge in [-0.05, 0) is 28.0 Å². The Morgan fingerprint density at radius 1 is 0.850 bits per heavy atom. The minimum atomic E-state index is -0.193. The molecule has 1 aromatic carbocycles. The SMILES string of the molecule is CN1C(=O)c2cc(C(C)(C)C)cc(C(C)(C)C)c2C1=O. The van der Waals surface area contributed by atoms with E-state index in [1.54, 1.807) is 7.05 Å². The number of hydrogen-bond acceptors (Lipinski definition) is 2. The molecule has 1 heterocycles. The standard InChI is InChI=1S/C17H23NO2/c1-16(2,3)10-8-11-13(12(9-10)17(4,5)6)15(20)18(7)14(11)19/h8-9H,1-7H3. The van der Waals surface area contributed by atoms with Gasteiger partial charge in [-0.15, -0.1) is 0 Å². The molecule has 0 aliphatic carbocycles. The number of carbonyl (C=O) groups is 2. The fourth-order valence-electron chi connectivity index (χ4n) is 2.51. The van der Waals surface area contributed by atoms with E-state index < -0.39 is 0 Å². The summed E-state index contributed by atoms with van der Waals surface area (Å²) in [4.78, 5) is 25.8. The molecule has 3 nitrogen and oxygen atoms in total. The van der Waals surface area contributed by atoms with Crippen LogP contribution in [0.2, 0.25) is 0 Å². The molecule has 108 valence electrons. The van der Waals surface area contributed by atoms with Crippen molar-refractivity contribution in [2.75, 3.05) is 7.05 Å². The lowest BCUT2D eigenvalue weighted by atomic mass is 9.77. The molecule has 0 radical (unpaired) electrons. The molecule has 2 amide bonds. The largest absolute Gasteiger partial charge is 0.277 e. The molecule has 0 bridgehead atoms. The first-order chi connectivity index (χ1) is 8.94. The topological polar surface area (TPSA) is 37.4 Å². The lowest BCUT2D eigenvalue weighted by Gasteiger charge is -2.26. The first-order valence-electron chi connectivity index (χ1n) is 6.96. The molecule has 2 rings (SSSR count). The second-order valence-electron chi connectivity index (χ2n) is 7.62.